The van der Waals surface area contributed by atoms with Gasteiger partial charge in [-0.05, 0) is 12.0 Å². The molecular formula is C17H26F2N4O2. The lowest BCUT2D eigenvalue weighted by atomic mass is 10.2. The molecule has 1 rings (SSSR count). The van der Waals surface area contributed by atoms with E-state index in [1.54, 1.807) is 32.3 Å². The predicted octanol–water partition coefficient (Wildman–Crippen LogP) is 2.07. The maximum atomic E-state index is 12.5. The Morgan fingerprint density at radius 3 is 2.52 bits per heavy atom. The van der Waals surface area contributed by atoms with Crippen molar-refractivity contribution in [2.45, 2.75) is 27.0 Å². The summed E-state index contributed by atoms with van der Waals surface area (Å²) in [5.41, 5.74) is 0.535. The summed E-state index contributed by atoms with van der Waals surface area (Å²) < 4.78 is 29.4. The number of alkyl halides is 2. The molecule has 0 heterocycles. The first-order chi connectivity index (χ1) is 11.8. The molecule has 0 aliphatic carbocycles. The molecule has 0 saturated heterocycles. The molecule has 140 valence electrons. The van der Waals surface area contributed by atoms with E-state index < -0.39 is 6.61 Å². The van der Waals surface area contributed by atoms with Crippen LogP contribution in [0.1, 0.15) is 19.4 Å². The van der Waals surface area contributed by atoms with Crippen molar-refractivity contribution in [3.63, 3.8) is 0 Å². The van der Waals surface area contributed by atoms with Gasteiger partial charge in [0.05, 0.1) is 13.1 Å². The molecule has 0 bridgehead atoms. The second-order valence-corrected chi connectivity index (χ2v) is 6.07. The molecule has 25 heavy (non-hydrogen) atoms. The Morgan fingerprint density at radius 1 is 1.24 bits per heavy atom. The number of benzene rings is 1. The molecule has 8 heteroatoms. The van der Waals surface area contributed by atoms with E-state index in [4.69, 9.17) is 0 Å². The maximum Gasteiger partial charge on any atom is 0.387 e. The minimum Gasteiger partial charge on any atom is -0.434 e. The predicted molar refractivity (Wildman–Crippen MR) is 93.8 cm³/mol. The van der Waals surface area contributed by atoms with Crippen LogP contribution < -0.4 is 15.4 Å². The van der Waals surface area contributed by atoms with Crippen molar-refractivity contribution < 1.29 is 18.3 Å². The van der Waals surface area contributed by atoms with E-state index in [9.17, 15) is 13.6 Å². The first-order valence-electron chi connectivity index (χ1n) is 8.04. The molecule has 0 aliphatic heterocycles. The van der Waals surface area contributed by atoms with Gasteiger partial charge in [-0.2, -0.15) is 8.78 Å². The molecule has 0 aromatic heterocycles. The lowest BCUT2D eigenvalue weighted by molar-refractivity contribution is -0.127. The molecule has 0 unspecified atom stereocenters. The van der Waals surface area contributed by atoms with E-state index in [0.29, 0.717) is 24.0 Å². The zero-order chi connectivity index (χ0) is 18.8. The van der Waals surface area contributed by atoms with Crippen LogP contribution in [0.3, 0.4) is 0 Å². The van der Waals surface area contributed by atoms with Gasteiger partial charge in [-0.25, -0.2) is 4.99 Å². The average molecular weight is 356 g/mol. The maximum absolute atomic E-state index is 12.5. The molecule has 0 aliphatic rings. The quantitative estimate of drug-likeness (QED) is 0.553. The van der Waals surface area contributed by atoms with Gasteiger partial charge in [-0.1, -0.05) is 32.0 Å². The zero-order valence-electron chi connectivity index (χ0n) is 15.1. The van der Waals surface area contributed by atoms with Crippen molar-refractivity contribution in [2.24, 2.45) is 10.9 Å². The Bertz CT molecular complexity index is 578. The van der Waals surface area contributed by atoms with Crippen LogP contribution in [-0.4, -0.2) is 50.6 Å². The van der Waals surface area contributed by atoms with Crippen LogP contribution >= 0.6 is 0 Å². The van der Waals surface area contributed by atoms with Crippen molar-refractivity contribution in [3.05, 3.63) is 29.8 Å². The Hall–Kier alpha value is -2.38. The summed E-state index contributed by atoms with van der Waals surface area (Å²) in [6.45, 7) is 2.10. The van der Waals surface area contributed by atoms with Gasteiger partial charge in [0.15, 0.2) is 5.96 Å². The molecule has 1 aromatic carbocycles. The summed E-state index contributed by atoms with van der Waals surface area (Å²) in [7, 11) is 3.33. The third kappa shape index (κ3) is 8.32. The van der Waals surface area contributed by atoms with Gasteiger partial charge >= 0.3 is 6.61 Å². The number of nitrogens with one attached hydrogen (secondary N) is 2. The molecule has 0 saturated carbocycles. The number of likely N-dealkylation sites (N-methyl/N-ethyl adjacent to an activating group) is 1. The van der Waals surface area contributed by atoms with Crippen molar-refractivity contribution in [2.75, 3.05) is 27.2 Å². The first kappa shape index (κ1) is 20.7. The molecule has 0 radical (unpaired) electrons. The highest BCUT2D eigenvalue weighted by molar-refractivity contribution is 5.86. The number of carbonyl (C=O) groups is 1. The fourth-order valence-electron chi connectivity index (χ4n) is 1.80. The lowest BCUT2D eigenvalue weighted by Crippen LogP contribution is -2.44. The number of nitrogens with zero attached hydrogens (tertiary/aromatic N) is 2. The van der Waals surface area contributed by atoms with Crippen LogP contribution in [0.2, 0.25) is 0 Å². The summed E-state index contributed by atoms with van der Waals surface area (Å²) >= 11 is 0. The molecule has 6 nitrogen and oxygen atoms in total. The van der Waals surface area contributed by atoms with E-state index >= 15 is 0 Å². The topological polar surface area (TPSA) is 66.0 Å². The van der Waals surface area contributed by atoms with Gasteiger partial charge < -0.3 is 20.3 Å². The number of carbonyl (C=O) groups excluding carboxylic acids is 1. The number of hydrogen-bond acceptors (Lipinski definition) is 3. The van der Waals surface area contributed by atoms with Crippen LogP contribution in [0.15, 0.2) is 29.3 Å². The fraction of sp³-hybridized carbons (Fsp3) is 0.529. The molecular weight excluding hydrogens is 330 g/mol. The van der Waals surface area contributed by atoms with E-state index in [0.717, 1.165) is 0 Å². The fourth-order valence-corrected chi connectivity index (χ4v) is 1.80. The zero-order valence-corrected chi connectivity index (χ0v) is 15.1. The second kappa shape index (κ2) is 10.5. The lowest BCUT2D eigenvalue weighted by Gasteiger charge is -2.16. The molecule has 1 aromatic rings. The monoisotopic (exact) mass is 356 g/mol. The Balaban J connectivity index is 2.81. The SMILES string of the molecule is CC(C)CNC(=NCc1ccccc1OC(F)F)NCC(=O)N(C)C. The van der Waals surface area contributed by atoms with Gasteiger partial charge in [0.1, 0.15) is 5.75 Å². The number of aliphatic imine (C=N–C) groups is 1. The number of para-hydroxylation sites is 1. The van der Waals surface area contributed by atoms with Gasteiger partial charge in [0.2, 0.25) is 5.91 Å². The summed E-state index contributed by atoms with van der Waals surface area (Å²) in [6.07, 6.45) is 0. The highest BCUT2D eigenvalue weighted by Gasteiger charge is 2.10. The van der Waals surface area contributed by atoms with Gasteiger partial charge in [-0.3, -0.25) is 4.79 Å². The number of ether oxygens (including phenoxy) is 1. The minimum atomic E-state index is -2.89. The van der Waals surface area contributed by atoms with E-state index in [2.05, 4.69) is 20.4 Å². The van der Waals surface area contributed by atoms with Gasteiger partial charge in [-0.15, -0.1) is 0 Å². The van der Waals surface area contributed by atoms with Crippen molar-refractivity contribution in [3.8, 4) is 5.75 Å². The standard InChI is InChI=1S/C17H26F2N4O2/c1-12(2)9-20-17(22-11-15(24)23(3)4)21-10-13-7-5-6-8-14(13)25-16(18)19/h5-8,12,16H,9-11H2,1-4H3,(H2,20,21,22). The second-order valence-electron chi connectivity index (χ2n) is 6.07. The van der Waals surface area contributed by atoms with Crippen LogP contribution in [0.25, 0.3) is 0 Å². The van der Waals surface area contributed by atoms with Crippen molar-refractivity contribution in [1.29, 1.82) is 0 Å². The number of guanidine groups is 1. The smallest absolute Gasteiger partial charge is 0.387 e. The Kier molecular flexibility index (Phi) is 8.66. The molecule has 2 N–H and O–H groups in total. The van der Waals surface area contributed by atoms with E-state index in [-0.39, 0.29) is 24.7 Å². The summed E-state index contributed by atoms with van der Waals surface area (Å²) in [5.74, 6) is 0.816. The molecule has 1 amide bonds. The van der Waals surface area contributed by atoms with Crippen LogP contribution in [-0.2, 0) is 11.3 Å². The van der Waals surface area contributed by atoms with E-state index in [1.807, 2.05) is 13.8 Å². The van der Waals surface area contributed by atoms with Crippen molar-refractivity contribution >= 4 is 11.9 Å². The normalized spacial score (nSPS) is 11.6. The Morgan fingerprint density at radius 2 is 1.92 bits per heavy atom. The van der Waals surface area contributed by atoms with E-state index in [1.165, 1.54) is 11.0 Å². The molecule has 0 spiro atoms. The van der Waals surface area contributed by atoms with Gasteiger partial charge in [0.25, 0.3) is 0 Å². The number of hydrogen-bond donors (Lipinski definition) is 2. The van der Waals surface area contributed by atoms with Crippen molar-refractivity contribution in [1.82, 2.24) is 15.5 Å². The summed E-state index contributed by atoms with van der Waals surface area (Å²) in [4.78, 5) is 17.5. The van der Waals surface area contributed by atoms with Crippen LogP contribution in [0, 0.1) is 5.92 Å². The van der Waals surface area contributed by atoms with Gasteiger partial charge in [0, 0.05) is 26.2 Å². The number of halogens is 2. The largest absolute Gasteiger partial charge is 0.434 e. The van der Waals surface area contributed by atoms with Crippen LogP contribution in [0.5, 0.6) is 5.75 Å². The number of amides is 1. The average Bonchev–Trinajstić information content (AvgIpc) is 2.54. The third-order valence-corrected chi connectivity index (χ3v) is 3.18. The third-order valence-electron chi connectivity index (χ3n) is 3.18. The highest BCUT2D eigenvalue weighted by atomic mass is 19.3. The molecule has 0 atom stereocenters. The van der Waals surface area contributed by atoms with Crippen LogP contribution in [0.4, 0.5) is 8.78 Å². The number of rotatable bonds is 8. The first-order valence-corrected chi connectivity index (χ1v) is 8.04. The minimum absolute atomic E-state index is 0.0894. The Labute approximate surface area is 147 Å². The summed E-state index contributed by atoms with van der Waals surface area (Å²) in [6, 6.07) is 6.50. The molecule has 0 fully saturated rings. The highest BCUT2D eigenvalue weighted by Crippen LogP contribution is 2.20. The summed E-state index contributed by atoms with van der Waals surface area (Å²) in [5, 5.41) is 6.07.